The van der Waals surface area contributed by atoms with E-state index in [1.807, 2.05) is 88.3 Å². The first-order valence-corrected chi connectivity index (χ1v) is 20.1. The van der Waals surface area contributed by atoms with Crippen LogP contribution in [0.4, 0.5) is 8.78 Å². The number of aliphatic hydroxyl groups is 1. The number of hydrogen-bond donors (Lipinski definition) is 2. The molecule has 308 valence electrons. The second kappa shape index (κ2) is 44.7. The van der Waals surface area contributed by atoms with Crippen LogP contribution in [0, 0.1) is 31.5 Å². The number of aliphatic hydroxyl groups excluding tert-OH is 1. The van der Waals surface area contributed by atoms with Gasteiger partial charge in [0.15, 0.2) is 0 Å². The third kappa shape index (κ3) is 36.7. The summed E-state index contributed by atoms with van der Waals surface area (Å²) in [7, 11) is 1.69. The molecule has 1 amide bonds. The van der Waals surface area contributed by atoms with E-state index in [-0.39, 0.29) is 23.5 Å². The van der Waals surface area contributed by atoms with E-state index in [0.717, 1.165) is 66.2 Å². The van der Waals surface area contributed by atoms with Gasteiger partial charge in [0.2, 0.25) is 5.91 Å². The maximum absolute atomic E-state index is 14.0. The van der Waals surface area contributed by atoms with E-state index in [4.69, 9.17) is 5.11 Å². The molecular formula is C48H85F2NO2. The number of amides is 1. The van der Waals surface area contributed by atoms with Crippen molar-refractivity contribution >= 4 is 11.5 Å². The second-order valence-electron chi connectivity index (χ2n) is 12.1. The molecule has 1 aromatic carbocycles. The van der Waals surface area contributed by atoms with Crippen LogP contribution in [0.25, 0.3) is 5.57 Å². The fraction of sp³-hybridized carbons (Fsp3) is 0.562. The van der Waals surface area contributed by atoms with Gasteiger partial charge in [-0.05, 0) is 117 Å². The Hall–Kier alpha value is -3.47. The fourth-order valence-corrected chi connectivity index (χ4v) is 4.72. The summed E-state index contributed by atoms with van der Waals surface area (Å²) >= 11 is 0. The van der Waals surface area contributed by atoms with Crippen molar-refractivity contribution in [3.05, 3.63) is 114 Å². The lowest BCUT2D eigenvalue weighted by atomic mass is 9.93. The Morgan fingerprint density at radius 1 is 0.887 bits per heavy atom. The van der Waals surface area contributed by atoms with Crippen molar-refractivity contribution < 1.29 is 18.7 Å². The third-order valence-corrected chi connectivity index (χ3v) is 7.12. The van der Waals surface area contributed by atoms with Gasteiger partial charge in [-0.15, -0.1) is 0 Å². The summed E-state index contributed by atoms with van der Waals surface area (Å²) in [6.45, 7) is 42.9. The van der Waals surface area contributed by atoms with E-state index >= 15 is 0 Å². The summed E-state index contributed by atoms with van der Waals surface area (Å²) in [5, 5.41) is 9.98. The first-order chi connectivity index (χ1) is 25.1. The minimum atomic E-state index is -0.265. The highest BCUT2D eigenvalue weighted by Crippen LogP contribution is 2.28. The summed E-state index contributed by atoms with van der Waals surface area (Å²) in [6.07, 6.45) is 18.2. The van der Waals surface area contributed by atoms with Crippen molar-refractivity contribution in [2.75, 3.05) is 7.05 Å². The fourth-order valence-electron chi connectivity index (χ4n) is 4.72. The molecule has 5 heteroatoms. The lowest BCUT2D eigenvalue weighted by Crippen LogP contribution is -2.25. The average molecular weight is 746 g/mol. The molecule has 1 unspecified atom stereocenters. The van der Waals surface area contributed by atoms with Gasteiger partial charge < -0.3 is 10.4 Å². The zero-order valence-corrected chi connectivity index (χ0v) is 37.7. The molecule has 0 spiro atoms. The smallest absolute Gasteiger partial charge is 0.222 e. The van der Waals surface area contributed by atoms with Gasteiger partial charge in [0.05, 0.1) is 6.26 Å². The highest BCUT2D eigenvalue weighted by molar-refractivity contribution is 5.80. The van der Waals surface area contributed by atoms with Gasteiger partial charge in [-0.2, -0.15) is 0 Å². The van der Waals surface area contributed by atoms with Crippen molar-refractivity contribution in [2.45, 2.75) is 162 Å². The van der Waals surface area contributed by atoms with Crippen molar-refractivity contribution in [3.63, 3.8) is 0 Å². The minimum absolute atomic E-state index is 0.146. The highest BCUT2D eigenvalue weighted by Gasteiger charge is 2.11. The SMILES string of the molecule is C=C(C)/C=C(\C=C(/F)CCCC)c1c(C)cc(F)cc1C.C=C/C=C(CC)\C(=C/C)CCC.C=CO.CC.CC.CC.CNC(=O)C(C)CCC(C)C. The molecule has 0 fully saturated rings. The van der Waals surface area contributed by atoms with Crippen LogP contribution in [0.3, 0.4) is 0 Å². The lowest BCUT2D eigenvalue weighted by molar-refractivity contribution is -0.124. The first-order valence-electron chi connectivity index (χ1n) is 20.1. The number of carbonyl (C=O) groups excluding carboxylic acids is 1. The normalized spacial score (nSPS) is 11.3. The number of hydrogen-bond acceptors (Lipinski definition) is 2. The molecule has 0 radical (unpaired) electrons. The van der Waals surface area contributed by atoms with Gasteiger partial charge in [-0.25, -0.2) is 8.78 Å². The van der Waals surface area contributed by atoms with Crippen LogP contribution in [-0.2, 0) is 4.79 Å². The molecule has 1 atom stereocenters. The number of benzene rings is 1. The Morgan fingerprint density at radius 3 is 1.72 bits per heavy atom. The molecular weight excluding hydrogens is 661 g/mol. The van der Waals surface area contributed by atoms with E-state index in [2.05, 4.69) is 71.8 Å². The summed E-state index contributed by atoms with van der Waals surface area (Å²) in [5.41, 5.74) is 6.98. The van der Waals surface area contributed by atoms with Gasteiger partial charge in [0, 0.05) is 13.0 Å². The van der Waals surface area contributed by atoms with E-state index in [1.54, 1.807) is 13.1 Å². The van der Waals surface area contributed by atoms with Crippen molar-refractivity contribution in [3.8, 4) is 0 Å². The van der Waals surface area contributed by atoms with E-state index in [1.165, 1.54) is 36.1 Å². The van der Waals surface area contributed by atoms with Gasteiger partial charge in [0.25, 0.3) is 0 Å². The molecule has 0 aliphatic carbocycles. The molecule has 0 saturated heterocycles. The number of unbranched alkanes of at least 4 members (excludes halogenated alkanes) is 1. The van der Waals surface area contributed by atoms with E-state index in [9.17, 15) is 13.6 Å². The Bertz CT molecular complexity index is 1160. The minimum Gasteiger partial charge on any atom is -0.516 e. The standard InChI is InChI=1S/C19H24F2.C12H20.C9H19NO.C2H4O.3C2H6/c1-6-7-8-17(20)12-16(9-13(2)3)19-14(4)10-18(21)11-15(19)5;1-5-9-11(7-3)12(8-4)10-6-2;1-7(2)5-6-8(3)9(11)10-4;1-2-3;3*1-2/h9-12H,2,6-8H2,1,3-5H3;5,8-9H,1,6-7,10H2,2-4H3;7-8H,5-6H2,1-4H3,(H,10,11);2-3H,1H2;3*1-2H3/b16-9+,17-12-;11-9-,12-8-;;;;;. The molecule has 3 nitrogen and oxygen atoms in total. The highest BCUT2D eigenvalue weighted by atomic mass is 19.1. The molecule has 0 bridgehead atoms. The number of allylic oxidation sites excluding steroid dienone is 10. The Labute approximate surface area is 329 Å². The second-order valence-corrected chi connectivity index (χ2v) is 12.1. The first kappa shape index (κ1) is 61.6. The lowest BCUT2D eigenvalue weighted by Gasteiger charge is -2.12. The van der Waals surface area contributed by atoms with Gasteiger partial charge in [-0.3, -0.25) is 4.79 Å². The third-order valence-electron chi connectivity index (χ3n) is 7.12. The van der Waals surface area contributed by atoms with Crippen LogP contribution in [0.5, 0.6) is 0 Å². The molecule has 2 N–H and O–H groups in total. The maximum Gasteiger partial charge on any atom is 0.222 e. The maximum atomic E-state index is 14.0. The summed E-state index contributed by atoms with van der Waals surface area (Å²) < 4.78 is 27.5. The number of halogens is 2. The predicted octanol–water partition coefficient (Wildman–Crippen LogP) is 16.3. The molecule has 0 heterocycles. The molecule has 0 saturated carbocycles. The zero-order valence-electron chi connectivity index (χ0n) is 37.7. The van der Waals surface area contributed by atoms with Crippen molar-refractivity contribution in [1.29, 1.82) is 0 Å². The van der Waals surface area contributed by atoms with E-state index in [0.29, 0.717) is 12.3 Å². The van der Waals surface area contributed by atoms with Crippen LogP contribution in [-0.4, -0.2) is 18.1 Å². The molecule has 1 aromatic rings. The molecule has 0 aromatic heterocycles. The van der Waals surface area contributed by atoms with Crippen molar-refractivity contribution in [2.24, 2.45) is 11.8 Å². The predicted molar refractivity (Wildman–Crippen MR) is 239 cm³/mol. The summed E-state index contributed by atoms with van der Waals surface area (Å²) in [4.78, 5) is 11.0. The van der Waals surface area contributed by atoms with Crippen LogP contribution >= 0.6 is 0 Å². The van der Waals surface area contributed by atoms with Gasteiger partial charge in [0.1, 0.15) is 11.6 Å². The van der Waals surface area contributed by atoms with Gasteiger partial charge in [-0.1, -0.05) is 152 Å². The molecule has 0 aliphatic rings. The Morgan fingerprint density at radius 2 is 1.38 bits per heavy atom. The largest absolute Gasteiger partial charge is 0.516 e. The van der Waals surface area contributed by atoms with Gasteiger partial charge >= 0.3 is 0 Å². The molecule has 53 heavy (non-hydrogen) atoms. The topological polar surface area (TPSA) is 49.3 Å². The summed E-state index contributed by atoms with van der Waals surface area (Å²) in [6, 6.07) is 2.96. The number of rotatable bonds is 15. The molecule has 0 aliphatic heterocycles. The molecule has 1 rings (SSSR count). The monoisotopic (exact) mass is 746 g/mol. The number of nitrogens with one attached hydrogen (secondary N) is 1. The van der Waals surface area contributed by atoms with Crippen LogP contribution in [0.1, 0.15) is 165 Å². The summed E-state index contributed by atoms with van der Waals surface area (Å²) in [5.74, 6) is 0.612. The van der Waals surface area contributed by atoms with Crippen LogP contribution in [0.15, 0.2) is 91.1 Å². The quantitative estimate of drug-likeness (QED) is 0.139. The number of aryl methyl sites for hydroxylation is 2. The Kier molecular flexibility index (Phi) is 51.9. The number of carbonyl (C=O) groups is 1. The zero-order chi connectivity index (χ0) is 42.9. The van der Waals surface area contributed by atoms with Crippen LogP contribution in [0.2, 0.25) is 0 Å². The Balaban J connectivity index is -0.000000148. The average Bonchev–Trinajstić information content (AvgIpc) is 3.13. The van der Waals surface area contributed by atoms with Crippen molar-refractivity contribution in [1.82, 2.24) is 5.32 Å². The van der Waals surface area contributed by atoms with E-state index < -0.39 is 0 Å². The van der Waals surface area contributed by atoms with Crippen LogP contribution < -0.4 is 5.32 Å².